The lowest BCUT2D eigenvalue weighted by Gasteiger charge is -2.34. The number of aromatic nitrogens is 1. The summed E-state index contributed by atoms with van der Waals surface area (Å²) in [4.78, 5) is 33.9. The number of pyridine rings is 1. The Balaban J connectivity index is 1.55. The van der Waals surface area contributed by atoms with Gasteiger partial charge in [0.1, 0.15) is 17.7 Å². The van der Waals surface area contributed by atoms with Crippen LogP contribution in [-0.2, 0) is 17.8 Å². The smallest absolute Gasteiger partial charge is 0.323 e. The first-order valence-corrected chi connectivity index (χ1v) is 13.3. The Hall–Kier alpha value is -4.02. The van der Waals surface area contributed by atoms with Crippen LogP contribution in [0.3, 0.4) is 0 Å². The lowest BCUT2D eigenvalue weighted by molar-refractivity contribution is -0.134. The molecular formula is C30H36FN5O4. The summed E-state index contributed by atoms with van der Waals surface area (Å²) in [5, 5.41) is 15.3. The van der Waals surface area contributed by atoms with Gasteiger partial charge in [0.15, 0.2) is 0 Å². The number of aliphatic hydroxyl groups excluding tert-OH is 1. The summed E-state index contributed by atoms with van der Waals surface area (Å²) in [5.74, 6) is 0.0273. The molecule has 0 saturated carbocycles. The molecule has 1 aliphatic rings. The first-order chi connectivity index (χ1) is 19.2. The van der Waals surface area contributed by atoms with E-state index in [-0.39, 0.29) is 37.0 Å². The third kappa shape index (κ3) is 7.77. The third-order valence-corrected chi connectivity index (χ3v) is 6.97. The average Bonchev–Trinajstić information content (AvgIpc) is 2.97. The van der Waals surface area contributed by atoms with Gasteiger partial charge in [-0.2, -0.15) is 0 Å². The number of carbonyl (C=O) groups excluding carboxylic acids is 2. The van der Waals surface area contributed by atoms with Gasteiger partial charge in [-0.3, -0.25) is 14.7 Å². The molecule has 1 aliphatic heterocycles. The zero-order chi connectivity index (χ0) is 28.6. The van der Waals surface area contributed by atoms with E-state index >= 15 is 0 Å². The molecule has 0 aliphatic carbocycles. The van der Waals surface area contributed by atoms with Crippen LogP contribution in [0.5, 0.6) is 5.75 Å². The van der Waals surface area contributed by atoms with E-state index in [0.717, 1.165) is 5.56 Å². The molecule has 2 heterocycles. The number of rotatable bonds is 8. The van der Waals surface area contributed by atoms with Crippen LogP contribution in [0.4, 0.5) is 20.6 Å². The van der Waals surface area contributed by atoms with E-state index in [1.807, 2.05) is 26.1 Å². The molecule has 9 nitrogen and oxygen atoms in total. The van der Waals surface area contributed by atoms with E-state index in [1.54, 1.807) is 35.5 Å². The van der Waals surface area contributed by atoms with E-state index in [0.29, 0.717) is 42.3 Å². The van der Waals surface area contributed by atoms with Crippen molar-refractivity contribution in [3.05, 3.63) is 83.9 Å². The Morgan fingerprint density at radius 2 is 1.82 bits per heavy atom. The molecule has 4 rings (SSSR count). The van der Waals surface area contributed by atoms with Crippen molar-refractivity contribution in [2.75, 3.05) is 37.4 Å². The molecule has 0 bridgehead atoms. The number of carbonyl (C=O) groups is 2. The molecule has 10 heteroatoms. The molecular weight excluding hydrogens is 513 g/mol. The number of benzene rings is 2. The second kappa shape index (κ2) is 13.4. The number of fused-ring (bicyclic) bond motifs is 1. The fourth-order valence-electron chi connectivity index (χ4n) is 4.72. The van der Waals surface area contributed by atoms with Gasteiger partial charge in [0, 0.05) is 54.9 Å². The molecule has 0 fully saturated rings. The highest BCUT2D eigenvalue weighted by atomic mass is 19.1. The lowest BCUT2D eigenvalue weighted by atomic mass is 10.0. The molecule has 1 unspecified atom stereocenters. The molecule has 0 spiro atoms. The Morgan fingerprint density at radius 1 is 1.15 bits per heavy atom. The number of amides is 3. The third-order valence-electron chi connectivity index (χ3n) is 6.97. The largest absolute Gasteiger partial charge is 0.488 e. The number of halogens is 1. The van der Waals surface area contributed by atoms with Crippen LogP contribution in [0.25, 0.3) is 0 Å². The van der Waals surface area contributed by atoms with Crippen LogP contribution in [0.15, 0.2) is 67.0 Å². The molecule has 2 aromatic carbocycles. The van der Waals surface area contributed by atoms with E-state index in [4.69, 9.17) is 4.74 Å². The number of urea groups is 1. The van der Waals surface area contributed by atoms with E-state index in [9.17, 15) is 19.1 Å². The van der Waals surface area contributed by atoms with Crippen molar-refractivity contribution in [3.8, 4) is 5.75 Å². The number of anilines is 2. The predicted molar refractivity (Wildman–Crippen MR) is 152 cm³/mol. The normalized spacial score (nSPS) is 18.1. The Bertz CT molecular complexity index is 1290. The maximum atomic E-state index is 13.4. The average molecular weight is 550 g/mol. The number of nitrogens with one attached hydrogen (secondary N) is 2. The Morgan fingerprint density at radius 3 is 2.52 bits per heavy atom. The first-order valence-electron chi connectivity index (χ1n) is 13.3. The van der Waals surface area contributed by atoms with Crippen LogP contribution in [-0.4, -0.2) is 70.7 Å². The molecule has 1 aromatic heterocycles. The summed E-state index contributed by atoms with van der Waals surface area (Å²) in [7, 11) is 2.02. The maximum Gasteiger partial charge on any atom is 0.323 e. The van der Waals surface area contributed by atoms with Crippen LogP contribution in [0.2, 0.25) is 0 Å². The van der Waals surface area contributed by atoms with Gasteiger partial charge in [0.25, 0.3) is 0 Å². The second-order valence-electron chi connectivity index (χ2n) is 10.3. The van der Waals surface area contributed by atoms with Crippen molar-refractivity contribution in [1.29, 1.82) is 0 Å². The van der Waals surface area contributed by atoms with Crippen molar-refractivity contribution in [3.63, 3.8) is 0 Å². The van der Waals surface area contributed by atoms with E-state index in [2.05, 4.69) is 27.4 Å². The lowest BCUT2D eigenvalue weighted by Crippen LogP contribution is -2.47. The summed E-state index contributed by atoms with van der Waals surface area (Å²) >= 11 is 0. The van der Waals surface area contributed by atoms with E-state index in [1.165, 1.54) is 24.3 Å². The van der Waals surface area contributed by atoms with E-state index < -0.39 is 11.8 Å². The fourth-order valence-corrected chi connectivity index (χ4v) is 4.72. The number of nitrogens with zero attached hydrogens (tertiary/aromatic N) is 3. The summed E-state index contributed by atoms with van der Waals surface area (Å²) in [5.41, 5.74) is 2.70. The zero-order valence-corrected chi connectivity index (χ0v) is 23.0. The molecule has 3 aromatic rings. The van der Waals surface area contributed by atoms with Crippen LogP contribution < -0.4 is 15.4 Å². The topological polar surface area (TPSA) is 107 Å². The first kappa shape index (κ1) is 29.0. The summed E-state index contributed by atoms with van der Waals surface area (Å²) in [6.07, 6.45) is 3.35. The van der Waals surface area contributed by atoms with Crippen molar-refractivity contribution in [2.24, 2.45) is 5.92 Å². The van der Waals surface area contributed by atoms with Gasteiger partial charge in [-0.05, 0) is 74.1 Å². The van der Waals surface area contributed by atoms with Gasteiger partial charge in [0.05, 0.1) is 19.1 Å². The van der Waals surface area contributed by atoms with Crippen molar-refractivity contribution in [1.82, 2.24) is 14.8 Å². The minimum absolute atomic E-state index is 0.0249. The maximum absolute atomic E-state index is 13.4. The monoisotopic (exact) mass is 549 g/mol. The second-order valence-corrected chi connectivity index (χ2v) is 10.3. The molecule has 212 valence electrons. The molecule has 40 heavy (non-hydrogen) atoms. The Kier molecular flexibility index (Phi) is 9.68. The molecule has 3 atom stereocenters. The van der Waals surface area contributed by atoms with Gasteiger partial charge < -0.3 is 25.4 Å². The van der Waals surface area contributed by atoms with Crippen LogP contribution >= 0.6 is 0 Å². The quantitative estimate of drug-likeness (QED) is 0.390. The number of hydrogen-bond acceptors (Lipinski definition) is 6. The van der Waals surface area contributed by atoms with Crippen LogP contribution in [0, 0.1) is 11.7 Å². The summed E-state index contributed by atoms with van der Waals surface area (Å²) in [6, 6.07) is 13.8. The zero-order valence-electron chi connectivity index (χ0n) is 23.0. The highest BCUT2D eigenvalue weighted by Crippen LogP contribution is 2.29. The SMILES string of the molecule is CC(CO)N1C[C@@H](C)[C@H](CN(C)Cc2ccncc2)Oc2ccc(NC(=O)Nc3ccc(F)cc3)cc2CC1=O. The standard InChI is InChI=1S/C30H36FN5O4/c1-20-16-36(21(2)19-37)29(38)15-23-14-26(34-30(39)33-25-6-4-24(31)5-7-25)8-9-27(23)40-28(20)18-35(3)17-22-10-12-32-13-11-22/h4-14,20-21,28,37H,15-19H2,1-3H3,(H2,33,34,39)/t20-,21?,28+/m1/s1. The highest BCUT2D eigenvalue weighted by Gasteiger charge is 2.31. The molecule has 0 radical (unpaired) electrons. The Labute approximate surface area is 234 Å². The fraction of sp³-hybridized carbons (Fsp3) is 0.367. The molecule has 3 N–H and O–H groups in total. The van der Waals surface area contributed by atoms with Crippen molar-refractivity contribution >= 4 is 23.3 Å². The summed E-state index contributed by atoms with van der Waals surface area (Å²) < 4.78 is 19.7. The van der Waals surface area contributed by atoms with Crippen molar-refractivity contribution in [2.45, 2.75) is 39.0 Å². The minimum atomic E-state index is -0.498. The van der Waals surface area contributed by atoms with Crippen molar-refractivity contribution < 1.29 is 23.8 Å². The number of ether oxygens (including phenoxy) is 1. The number of likely N-dealkylation sites (N-methyl/N-ethyl adjacent to an activating group) is 1. The highest BCUT2D eigenvalue weighted by molar-refractivity contribution is 5.99. The molecule has 3 amide bonds. The number of hydrogen-bond donors (Lipinski definition) is 3. The predicted octanol–water partition coefficient (Wildman–Crippen LogP) is 4.15. The van der Waals surface area contributed by atoms with Crippen LogP contribution in [0.1, 0.15) is 25.0 Å². The molecule has 0 saturated heterocycles. The summed E-state index contributed by atoms with van der Waals surface area (Å²) in [6.45, 7) is 5.49. The van der Waals surface area contributed by atoms with Gasteiger partial charge in [-0.15, -0.1) is 0 Å². The van der Waals surface area contributed by atoms with Gasteiger partial charge >= 0.3 is 6.03 Å². The number of aliphatic hydroxyl groups is 1. The van der Waals surface area contributed by atoms with Gasteiger partial charge in [-0.1, -0.05) is 6.92 Å². The minimum Gasteiger partial charge on any atom is -0.488 e. The van der Waals surface area contributed by atoms with Gasteiger partial charge in [-0.25, -0.2) is 9.18 Å². The van der Waals surface area contributed by atoms with Gasteiger partial charge in [0.2, 0.25) is 5.91 Å².